The number of hydrogen-bond donors (Lipinski definition) is 4. The lowest BCUT2D eigenvalue weighted by Gasteiger charge is -2.35. The molecule has 0 heterocycles. The summed E-state index contributed by atoms with van der Waals surface area (Å²) in [5.74, 6) is -3.69. The van der Waals surface area contributed by atoms with Crippen molar-refractivity contribution >= 4 is 23.8 Å². The number of hydrogen-bond acceptors (Lipinski definition) is 10. The molecule has 0 radical (unpaired) electrons. The summed E-state index contributed by atoms with van der Waals surface area (Å²) < 4.78 is 26.6. The van der Waals surface area contributed by atoms with Gasteiger partial charge in [-0.1, -0.05) is 13.3 Å². The minimum absolute atomic E-state index is 0.141. The van der Waals surface area contributed by atoms with Crippen LogP contribution in [-0.4, -0.2) is 109 Å². The summed E-state index contributed by atoms with van der Waals surface area (Å²) in [6.45, 7) is 5.99. The van der Waals surface area contributed by atoms with Crippen LogP contribution >= 0.6 is 0 Å². The minimum atomic E-state index is -1.52. The van der Waals surface area contributed by atoms with Crippen LogP contribution in [0.3, 0.4) is 0 Å². The maximum absolute atomic E-state index is 13.0. The number of amides is 1. The molecule has 0 aliphatic rings. The molecule has 0 bridgehead atoms. The van der Waals surface area contributed by atoms with Crippen LogP contribution in [0.2, 0.25) is 0 Å². The van der Waals surface area contributed by atoms with Crippen molar-refractivity contribution in [1.82, 2.24) is 5.32 Å². The standard InChI is InChI=1S/C24H43NO12/c1-6-7-9-36-21(31)14-35-17-24(15-33-12-19(27)28,16-34-13-20(29)30)25-18(26)11-23(4,5)37-10-8-22(2,3)32/h32H,6-17H2,1-5H3,(H,25,26)(H,27,28)(H,29,30). The van der Waals surface area contributed by atoms with Gasteiger partial charge in [-0.25, -0.2) is 14.4 Å². The van der Waals surface area contributed by atoms with Gasteiger partial charge in [0.15, 0.2) is 0 Å². The predicted octanol–water partition coefficient (Wildman–Crippen LogP) is 0.750. The third-order valence-corrected chi connectivity index (χ3v) is 4.76. The number of esters is 1. The minimum Gasteiger partial charge on any atom is -0.480 e. The first-order chi connectivity index (χ1) is 17.1. The van der Waals surface area contributed by atoms with Gasteiger partial charge < -0.3 is 44.3 Å². The first-order valence-electron chi connectivity index (χ1n) is 12.1. The van der Waals surface area contributed by atoms with Gasteiger partial charge in [-0.05, 0) is 40.5 Å². The molecular weight excluding hydrogens is 494 g/mol. The number of ether oxygens (including phenoxy) is 5. The van der Waals surface area contributed by atoms with E-state index in [1.54, 1.807) is 27.7 Å². The molecule has 0 unspecified atom stereocenters. The van der Waals surface area contributed by atoms with Gasteiger partial charge in [-0.15, -0.1) is 0 Å². The zero-order chi connectivity index (χ0) is 28.5. The van der Waals surface area contributed by atoms with Crippen molar-refractivity contribution in [2.24, 2.45) is 0 Å². The Morgan fingerprint density at radius 2 is 1.32 bits per heavy atom. The van der Waals surface area contributed by atoms with Crippen LogP contribution < -0.4 is 5.32 Å². The van der Waals surface area contributed by atoms with E-state index in [9.17, 15) is 24.3 Å². The second-order valence-corrected chi connectivity index (χ2v) is 10.0. The van der Waals surface area contributed by atoms with E-state index < -0.39 is 73.6 Å². The highest BCUT2D eigenvalue weighted by Gasteiger charge is 2.36. The highest BCUT2D eigenvalue weighted by Crippen LogP contribution is 2.19. The molecular formula is C24H43NO12. The van der Waals surface area contributed by atoms with E-state index in [0.717, 1.165) is 6.42 Å². The summed E-state index contributed by atoms with van der Waals surface area (Å²) in [6, 6.07) is 0. The molecule has 216 valence electrons. The number of aliphatic carboxylic acids is 2. The molecule has 0 rings (SSSR count). The maximum Gasteiger partial charge on any atom is 0.332 e. The van der Waals surface area contributed by atoms with Crippen molar-refractivity contribution in [3.8, 4) is 0 Å². The quantitative estimate of drug-likeness (QED) is 0.112. The second-order valence-electron chi connectivity index (χ2n) is 10.0. The van der Waals surface area contributed by atoms with Crippen LogP contribution in [0, 0.1) is 0 Å². The Morgan fingerprint density at radius 1 is 0.811 bits per heavy atom. The zero-order valence-corrected chi connectivity index (χ0v) is 22.5. The number of rotatable bonds is 22. The van der Waals surface area contributed by atoms with Crippen LogP contribution in [0.25, 0.3) is 0 Å². The van der Waals surface area contributed by atoms with Gasteiger partial charge in [-0.3, -0.25) is 4.79 Å². The molecule has 0 saturated heterocycles. The molecule has 0 aromatic heterocycles. The molecule has 0 fully saturated rings. The molecule has 0 aliphatic heterocycles. The van der Waals surface area contributed by atoms with Crippen molar-refractivity contribution in [3.05, 3.63) is 0 Å². The van der Waals surface area contributed by atoms with Gasteiger partial charge in [0.25, 0.3) is 0 Å². The highest BCUT2D eigenvalue weighted by atomic mass is 16.6. The van der Waals surface area contributed by atoms with Crippen molar-refractivity contribution in [2.75, 3.05) is 52.9 Å². The number of carboxylic acids is 2. The molecule has 1 amide bonds. The average molecular weight is 538 g/mol. The molecule has 0 aliphatic carbocycles. The van der Waals surface area contributed by atoms with Crippen LogP contribution in [0.15, 0.2) is 0 Å². The Bertz CT molecular complexity index is 697. The fourth-order valence-electron chi connectivity index (χ4n) is 2.96. The summed E-state index contributed by atoms with van der Waals surface area (Å²) in [6.07, 6.45) is 1.72. The second kappa shape index (κ2) is 17.2. The molecule has 0 atom stereocenters. The lowest BCUT2D eigenvalue weighted by atomic mass is 9.99. The Kier molecular flexibility index (Phi) is 16.2. The van der Waals surface area contributed by atoms with Crippen molar-refractivity contribution < 1.29 is 58.2 Å². The Hall–Kier alpha value is -2.32. The molecule has 13 heteroatoms. The van der Waals surface area contributed by atoms with Gasteiger partial charge >= 0.3 is 17.9 Å². The monoisotopic (exact) mass is 537 g/mol. The van der Waals surface area contributed by atoms with Crippen LogP contribution in [-0.2, 0) is 42.9 Å². The van der Waals surface area contributed by atoms with Crippen LogP contribution in [0.1, 0.15) is 60.3 Å². The fourth-order valence-corrected chi connectivity index (χ4v) is 2.96. The van der Waals surface area contributed by atoms with E-state index in [1.165, 1.54) is 0 Å². The zero-order valence-electron chi connectivity index (χ0n) is 22.5. The molecule has 0 spiro atoms. The smallest absolute Gasteiger partial charge is 0.332 e. The van der Waals surface area contributed by atoms with Gasteiger partial charge in [0.05, 0.1) is 50.7 Å². The lowest BCUT2D eigenvalue weighted by molar-refractivity contribution is -0.152. The fraction of sp³-hybridized carbons (Fsp3) is 0.833. The molecule has 13 nitrogen and oxygen atoms in total. The number of aliphatic hydroxyl groups is 1. The number of carbonyl (C=O) groups excluding carboxylic acids is 2. The summed E-state index contributed by atoms with van der Waals surface area (Å²) >= 11 is 0. The van der Waals surface area contributed by atoms with Crippen molar-refractivity contribution in [1.29, 1.82) is 0 Å². The normalized spacial score (nSPS) is 12.3. The SMILES string of the molecule is CCCCOC(=O)COCC(COCC(=O)O)(COCC(=O)O)NC(=O)CC(C)(C)OCCC(C)(C)O. The first kappa shape index (κ1) is 34.7. The van der Waals surface area contributed by atoms with Crippen molar-refractivity contribution in [3.63, 3.8) is 0 Å². The number of carboxylic acid groups (broad SMARTS) is 2. The summed E-state index contributed by atoms with van der Waals surface area (Å²) in [5, 5.41) is 30.4. The summed E-state index contributed by atoms with van der Waals surface area (Å²) in [7, 11) is 0. The van der Waals surface area contributed by atoms with E-state index in [2.05, 4.69) is 5.32 Å². The number of unbranched alkanes of at least 4 members (excludes halogenated alkanes) is 1. The van der Waals surface area contributed by atoms with E-state index in [4.69, 9.17) is 33.9 Å². The van der Waals surface area contributed by atoms with Gasteiger partial charge in [0.2, 0.25) is 5.91 Å². The molecule has 0 aromatic rings. The van der Waals surface area contributed by atoms with Crippen LogP contribution in [0.4, 0.5) is 0 Å². The van der Waals surface area contributed by atoms with Gasteiger partial charge in [-0.2, -0.15) is 0 Å². The highest BCUT2D eigenvalue weighted by molar-refractivity contribution is 5.78. The summed E-state index contributed by atoms with van der Waals surface area (Å²) in [5.41, 5.74) is -3.39. The molecule has 0 aromatic carbocycles. The van der Waals surface area contributed by atoms with E-state index >= 15 is 0 Å². The maximum atomic E-state index is 13.0. The molecule has 37 heavy (non-hydrogen) atoms. The largest absolute Gasteiger partial charge is 0.480 e. The van der Waals surface area contributed by atoms with E-state index in [0.29, 0.717) is 12.8 Å². The van der Waals surface area contributed by atoms with E-state index in [-0.39, 0.29) is 26.2 Å². The lowest BCUT2D eigenvalue weighted by Crippen LogP contribution is -2.59. The molecule has 4 N–H and O–H groups in total. The third kappa shape index (κ3) is 19.5. The first-order valence-corrected chi connectivity index (χ1v) is 12.1. The van der Waals surface area contributed by atoms with E-state index in [1.807, 2.05) is 6.92 Å². The van der Waals surface area contributed by atoms with Gasteiger partial charge in [0, 0.05) is 0 Å². The number of carbonyl (C=O) groups is 4. The number of nitrogens with one attached hydrogen (secondary N) is 1. The third-order valence-electron chi connectivity index (χ3n) is 4.76. The average Bonchev–Trinajstić information content (AvgIpc) is 2.71. The Labute approximate surface area is 217 Å². The Morgan fingerprint density at radius 3 is 1.78 bits per heavy atom. The Balaban J connectivity index is 5.44. The topological polar surface area (TPSA) is 187 Å². The van der Waals surface area contributed by atoms with Gasteiger partial charge in [0.1, 0.15) is 25.4 Å². The van der Waals surface area contributed by atoms with Crippen molar-refractivity contribution in [2.45, 2.75) is 77.0 Å². The summed E-state index contributed by atoms with van der Waals surface area (Å²) in [4.78, 5) is 46.8. The van der Waals surface area contributed by atoms with Crippen LogP contribution in [0.5, 0.6) is 0 Å². The molecule has 0 saturated carbocycles. The predicted molar refractivity (Wildman–Crippen MR) is 130 cm³/mol.